The van der Waals surface area contributed by atoms with Gasteiger partial charge in [0, 0.05) is 12.8 Å². The molecule has 4 N–H and O–H groups in total. The Morgan fingerprint density at radius 3 is 1.35 bits per heavy atom. The number of hydrogen-bond donors (Lipinski definition) is 4. The predicted octanol–water partition coefficient (Wildman–Crippen LogP) is 12.6. The highest BCUT2D eigenvalue weighted by Crippen LogP contribution is 2.23. The highest BCUT2D eigenvalue weighted by atomic mass is 16.7. The van der Waals surface area contributed by atoms with Crippen molar-refractivity contribution in [1.82, 2.24) is 0 Å². The summed E-state index contributed by atoms with van der Waals surface area (Å²) in [4.78, 5) is 25.4. The van der Waals surface area contributed by atoms with Crippen molar-refractivity contribution in [3.8, 4) is 0 Å². The van der Waals surface area contributed by atoms with Crippen LogP contribution in [0.15, 0.2) is 60.8 Å². The minimum absolute atomic E-state index is 0.198. The summed E-state index contributed by atoms with van der Waals surface area (Å²) in [5.74, 6) is -0.872. The number of carbonyl (C=O) groups excluding carboxylic acids is 2. The minimum atomic E-state index is -1.61. The normalized spacial score (nSPS) is 19.8. The number of carbonyl (C=O) groups is 2. The van der Waals surface area contributed by atoms with Gasteiger partial charge in [0.05, 0.1) is 13.2 Å². The molecule has 2 unspecified atom stereocenters. The SMILES string of the molecule is CCCCCCCC/C=C/CCCCCCCCCCCC(=O)O[C@@H](COC(=O)CCC/C=C/C/C=C/C/C=C/C/C=C/CCCCCCCCC)CO[C@H]1O[C@@H](CO)[C@@H](O)C(O)C1O. The first-order valence-electron chi connectivity index (χ1n) is 26.4. The van der Waals surface area contributed by atoms with E-state index in [9.17, 15) is 30.0 Å². The predicted molar refractivity (Wildman–Crippen MR) is 265 cm³/mol. The van der Waals surface area contributed by atoms with E-state index in [-0.39, 0.29) is 26.1 Å². The highest BCUT2D eigenvalue weighted by Gasteiger charge is 2.44. The van der Waals surface area contributed by atoms with E-state index < -0.39 is 55.4 Å². The van der Waals surface area contributed by atoms with Crippen LogP contribution < -0.4 is 0 Å². The summed E-state index contributed by atoms with van der Waals surface area (Å²) in [5, 5.41) is 40.2. The summed E-state index contributed by atoms with van der Waals surface area (Å²) in [6, 6.07) is 0. The van der Waals surface area contributed by atoms with Gasteiger partial charge in [0.2, 0.25) is 0 Å². The van der Waals surface area contributed by atoms with Gasteiger partial charge in [-0.15, -0.1) is 0 Å². The zero-order valence-corrected chi connectivity index (χ0v) is 41.2. The van der Waals surface area contributed by atoms with Gasteiger partial charge in [-0.1, -0.05) is 190 Å². The topological polar surface area (TPSA) is 152 Å². The number of unbranched alkanes of at least 4 members (excludes halogenated alkanes) is 23. The molecule has 1 fully saturated rings. The molecule has 6 atom stereocenters. The Labute approximate surface area is 396 Å². The molecule has 376 valence electrons. The van der Waals surface area contributed by atoms with Gasteiger partial charge in [-0.3, -0.25) is 9.59 Å². The Balaban J connectivity index is 2.30. The largest absolute Gasteiger partial charge is 0.462 e. The molecule has 0 aromatic rings. The molecule has 10 nitrogen and oxygen atoms in total. The van der Waals surface area contributed by atoms with Crippen LogP contribution in [0.3, 0.4) is 0 Å². The molecule has 0 saturated carbocycles. The van der Waals surface area contributed by atoms with Crippen LogP contribution in [0.25, 0.3) is 0 Å². The van der Waals surface area contributed by atoms with E-state index in [1.54, 1.807) is 0 Å². The summed E-state index contributed by atoms with van der Waals surface area (Å²) >= 11 is 0. The van der Waals surface area contributed by atoms with Crippen LogP contribution in [-0.4, -0.2) is 89.0 Å². The van der Waals surface area contributed by atoms with Crippen LogP contribution in [-0.2, 0) is 28.5 Å². The van der Waals surface area contributed by atoms with Crippen LogP contribution >= 0.6 is 0 Å². The van der Waals surface area contributed by atoms with Crippen LogP contribution in [0.1, 0.15) is 219 Å². The smallest absolute Gasteiger partial charge is 0.306 e. The third kappa shape index (κ3) is 36.2. The molecule has 1 aliphatic heterocycles. The lowest BCUT2D eigenvalue weighted by Crippen LogP contribution is -2.59. The van der Waals surface area contributed by atoms with Crippen molar-refractivity contribution in [1.29, 1.82) is 0 Å². The van der Waals surface area contributed by atoms with Gasteiger partial charge in [-0.2, -0.15) is 0 Å². The fourth-order valence-corrected chi connectivity index (χ4v) is 7.71. The number of ether oxygens (including phenoxy) is 4. The minimum Gasteiger partial charge on any atom is -0.462 e. The molecule has 0 aromatic heterocycles. The number of esters is 2. The fourth-order valence-electron chi connectivity index (χ4n) is 7.71. The van der Waals surface area contributed by atoms with Gasteiger partial charge >= 0.3 is 11.9 Å². The molecule has 65 heavy (non-hydrogen) atoms. The van der Waals surface area contributed by atoms with Crippen molar-refractivity contribution >= 4 is 11.9 Å². The van der Waals surface area contributed by atoms with Crippen molar-refractivity contribution in [3.05, 3.63) is 60.8 Å². The third-order valence-corrected chi connectivity index (χ3v) is 11.9. The maximum absolute atomic E-state index is 12.8. The van der Waals surface area contributed by atoms with E-state index in [2.05, 4.69) is 74.6 Å². The van der Waals surface area contributed by atoms with Gasteiger partial charge in [0.1, 0.15) is 31.0 Å². The van der Waals surface area contributed by atoms with Crippen molar-refractivity contribution in [2.75, 3.05) is 19.8 Å². The first kappa shape index (κ1) is 60.4. The van der Waals surface area contributed by atoms with E-state index in [0.717, 1.165) is 44.9 Å². The molecule has 10 heteroatoms. The van der Waals surface area contributed by atoms with Crippen LogP contribution in [0, 0.1) is 0 Å². The molecule has 1 saturated heterocycles. The molecular formula is C55H96O10. The molecule has 0 spiro atoms. The number of aliphatic hydroxyl groups is 4. The van der Waals surface area contributed by atoms with Crippen molar-refractivity contribution in [3.63, 3.8) is 0 Å². The van der Waals surface area contributed by atoms with Gasteiger partial charge in [0.25, 0.3) is 0 Å². The summed E-state index contributed by atoms with van der Waals surface area (Å²) in [7, 11) is 0. The van der Waals surface area contributed by atoms with Gasteiger partial charge in [-0.25, -0.2) is 0 Å². The second-order valence-corrected chi connectivity index (χ2v) is 18.0. The zero-order chi connectivity index (χ0) is 47.3. The lowest BCUT2D eigenvalue weighted by Gasteiger charge is -2.39. The molecule has 0 aromatic carbocycles. The summed E-state index contributed by atoms with van der Waals surface area (Å²) in [5.41, 5.74) is 0. The quantitative estimate of drug-likeness (QED) is 0.0264. The second-order valence-electron chi connectivity index (χ2n) is 18.0. The van der Waals surface area contributed by atoms with E-state index in [1.807, 2.05) is 0 Å². The Bertz CT molecular complexity index is 1240. The van der Waals surface area contributed by atoms with Crippen molar-refractivity contribution in [2.24, 2.45) is 0 Å². The summed E-state index contributed by atoms with van der Waals surface area (Å²) in [6.45, 7) is 3.38. The standard InChI is InChI=1S/C55H96O10/c1-3-5-7-9-11-13-15-17-19-21-23-24-26-27-29-31-33-35-37-39-41-43-50(57)62-46-48(47-63-55-54(61)53(60)52(59)49(45-56)65-55)64-51(58)44-42-40-38-36-34-32-30-28-25-22-20-18-16-14-12-10-8-6-4-2/h18-21,24,26,29,31,35,37,48-49,52-56,59-61H,3-17,22-23,25,27-28,30,32-34,36,38-47H2,1-2H3/b20-18+,21-19+,26-24+,31-29+,37-35+/t48-,49-,52+,53?,54?,55-/m0/s1. The third-order valence-electron chi connectivity index (χ3n) is 11.9. The van der Waals surface area contributed by atoms with Crippen LogP contribution in [0.5, 0.6) is 0 Å². The number of aliphatic hydroxyl groups excluding tert-OH is 4. The van der Waals surface area contributed by atoms with Gasteiger partial charge in [-0.05, 0) is 77.0 Å². The Morgan fingerprint density at radius 1 is 0.477 bits per heavy atom. The molecule has 1 rings (SSSR count). The van der Waals surface area contributed by atoms with Crippen molar-refractivity contribution < 1.29 is 49.0 Å². The Morgan fingerprint density at radius 2 is 0.877 bits per heavy atom. The monoisotopic (exact) mass is 917 g/mol. The fraction of sp³-hybridized carbons (Fsp3) is 0.782. The lowest BCUT2D eigenvalue weighted by atomic mass is 9.99. The average molecular weight is 917 g/mol. The zero-order valence-electron chi connectivity index (χ0n) is 41.2. The molecule has 1 heterocycles. The number of rotatable bonds is 44. The Hall–Kier alpha value is -2.60. The van der Waals surface area contributed by atoms with Gasteiger partial charge in [0.15, 0.2) is 12.4 Å². The number of hydrogen-bond acceptors (Lipinski definition) is 10. The van der Waals surface area contributed by atoms with E-state index in [4.69, 9.17) is 18.9 Å². The molecule has 0 aliphatic carbocycles. The molecule has 0 amide bonds. The van der Waals surface area contributed by atoms with Gasteiger partial charge < -0.3 is 39.4 Å². The van der Waals surface area contributed by atoms with E-state index in [1.165, 1.54) is 135 Å². The molecule has 1 aliphatic rings. The molecule has 0 radical (unpaired) electrons. The van der Waals surface area contributed by atoms with E-state index >= 15 is 0 Å². The molecule has 0 bridgehead atoms. The maximum Gasteiger partial charge on any atom is 0.306 e. The lowest BCUT2D eigenvalue weighted by molar-refractivity contribution is -0.305. The number of allylic oxidation sites excluding steroid dienone is 10. The van der Waals surface area contributed by atoms with Crippen molar-refractivity contribution in [2.45, 2.75) is 256 Å². The van der Waals surface area contributed by atoms with Crippen LogP contribution in [0.4, 0.5) is 0 Å². The summed E-state index contributed by atoms with van der Waals surface area (Å²) in [6.07, 6.45) is 49.5. The first-order valence-corrected chi connectivity index (χ1v) is 26.4. The average Bonchev–Trinajstić information content (AvgIpc) is 3.30. The second kappa shape index (κ2) is 45.2. The molecular weight excluding hydrogens is 821 g/mol. The highest BCUT2D eigenvalue weighted by molar-refractivity contribution is 5.70. The Kier molecular flexibility index (Phi) is 42.0. The maximum atomic E-state index is 12.8. The summed E-state index contributed by atoms with van der Waals surface area (Å²) < 4.78 is 22.2. The first-order chi connectivity index (χ1) is 31.8. The van der Waals surface area contributed by atoms with E-state index in [0.29, 0.717) is 12.8 Å². The van der Waals surface area contributed by atoms with Crippen LogP contribution in [0.2, 0.25) is 0 Å².